The second-order valence-electron chi connectivity index (χ2n) is 8.16. The lowest BCUT2D eigenvalue weighted by Gasteiger charge is -2.30. The normalized spacial score (nSPS) is 19.0. The molecule has 170 valence electrons. The zero-order valence-electron chi connectivity index (χ0n) is 18.5. The van der Waals surface area contributed by atoms with Crippen LogP contribution in [0.4, 0.5) is 0 Å². The molecule has 2 aromatic rings. The fourth-order valence-corrected chi connectivity index (χ4v) is 4.05. The molecule has 0 atom stereocenters. The fraction of sp³-hybridized carbons (Fsp3) is 0.538. The van der Waals surface area contributed by atoms with Crippen LogP contribution in [0.15, 0.2) is 60.7 Å². The van der Waals surface area contributed by atoms with Gasteiger partial charge in [0.25, 0.3) is 0 Å². The molecule has 0 spiro atoms. The Morgan fingerprint density at radius 1 is 0.677 bits per heavy atom. The molecule has 0 amide bonds. The highest BCUT2D eigenvalue weighted by molar-refractivity contribution is 5.17. The van der Waals surface area contributed by atoms with Gasteiger partial charge in [0.1, 0.15) is 0 Å². The van der Waals surface area contributed by atoms with E-state index < -0.39 is 0 Å². The van der Waals surface area contributed by atoms with Gasteiger partial charge in [-0.15, -0.1) is 0 Å². The topological polar surface area (TPSA) is 51.2 Å². The number of rotatable bonds is 14. The summed E-state index contributed by atoms with van der Waals surface area (Å²) in [5.41, 5.74) is 2.66. The number of ether oxygens (including phenoxy) is 3. The number of hydrogen-bond acceptors (Lipinski definition) is 5. The van der Waals surface area contributed by atoms with Gasteiger partial charge in [-0.25, -0.2) is 0 Å². The van der Waals surface area contributed by atoms with Crippen LogP contribution in [0.1, 0.15) is 36.8 Å². The first-order valence-corrected chi connectivity index (χ1v) is 11.6. The Labute approximate surface area is 186 Å². The molecule has 1 fully saturated rings. The molecule has 2 aromatic carbocycles. The van der Waals surface area contributed by atoms with Crippen LogP contribution in [0.2, 0.25) is 0 Å². The van der Waals surface area contributed by atoms with Crippen molar-refractivity contribution < 1.29 is 19.3 Å². The lowest BCUT2D eigenvalue weighted by atomic mass is 9.95. The summed E-state index contributed by atoms with van der Waals surface area (Å²) in [6.07, 6.45) is 4.84. The fourth-order valence-electron chi connectivity index (χ4n) is 4.05. The molecule has 5 nitrogen and oxygen atoms in total. The van der Waals surface area contributed by atoms with E-state index in [1.54, 1.807) is 0 Å². The predicted molar refractivity (Wildman–Crippen MR) is 123 cm³/mol. The Morgan fingerprint density at radius 2 is 1.19 bits per heavy atom. The number of hydrogen-bond donors (Lipinski definition) is 1. The molecule has 0 aliphatic heterocycles. The van der Waals surface area contributed by atoms with Gasteiger partial charge < -0.3 is 19.3 Å². The van der Waals surface area contributed by atoms with Crippen molar-refractivity contribution in [3.8, 4) is 0 Å². The number of nitrogens with zero attached hydrogens (tertiary/aromatic N) is 1. The van der Waals surface area contributed by atoms with E-state index in [4.69, 9.17) is 19.3 Å². The Hall–Kier alpha value is -1.76. The molecule has 0 aromatic heterocycles. The first kappa shape index (κ1) is 23.9. The van der Waals surface area contributed by atoms with Crippen LogP contribution >= 0.6 is 0 Å². The smallest absolute Gasteiger partial charge is 0.0704 e. The minimum Gasteiger partial charge on any atom is -0.394 e. The van der Waals surface area contributed by atoms with Crippen molar-refractivity contribution in [3.05, 3.63) is 71.8 Å². The van der Waals surface area contributed by atoms with Gasteiger partial charge in [0.15, 0.2) is 0 Å². The Bertz CT molecular complexity index is 648. The average molecular weight is 428 g/mol. The van der Waals surface area contributed by atoms with Gasteiger partial charge in [-0.1, -0.05) is 60.7 Å². The monoisotopic (exact) mass is 427 g/mol. The van der Waals surface area contributed by atoms with Crippen LogP contribution in [0.5, 0.6) is 0 Å². The predicted octanol–water partition coefficient (Wildman–Crippen LogP) is 4.04. The summed E-state index contributed by atoms with van der Waals surface area (Å²) >= 11 is 0. The highest BCUT2D eigenvalue weighted by Gasteiger charge is 2.22. The van der Waals surface area contributed by atoms with E-state index in [-0.39, 0.29) is 6.61 Å². The maximum Gasteiger partial charge on any atom is 0.0704 e. The quantitative estimate of drug-likeness (QED) is 0.461. The van der Waals surface area contributed by atoms with Crippen LogP contribution in [-0.2, 0) is 27.3 Å². The van der Waals surface area contributed by atoms with Crippen LogP contribution in [0.25, 0.3) is 0 Å². The molecular formula is C26H37NO4. The summed E-state index contributed by atoms with van der Waals surface area (Å²) in [5.74, 6) is 0. The number of benzene rings is 2. The molecule has 0 radical (unpaired) electrons. The molecule has 5 heteroatoms. The van der Waals surface area contributed by atoms with Crippen molar-refractivity contribution in [1.29, 1.82) is 0 Å². The summed E-state index contributed by atoms with van der Waals surface area (Å²) in [4.78, 5) is 2.46. The van der Waals surface area contributed by atoms with Crippen molar-refractivity contribution in [1.82, 2.24) is 4.90 Å². The lowest BCUT2D eigenvalue weighted by Crippen LogP contribution is -2.31. The van der Waals surface area contributed by atoms with Gasteiger partial charge in [0.2, 0.25) is 0 Å². The minimum absolute atomic E-state index is 0.0660. The van der Waals surface area contributed by atoms with Gasteiger partial charge in [-0.05, 0) is 36.8 Å². The number of aliphatic hydroxyl groups excluding tert-OH is 1. The average Bonchev–Trinajstić information content (AvgIpc) is 2.81. The van der Waals surface area contributed by atoms with Crippen LogP contribution in [0.3, 0.4) is 0 Å². The van der Waals surface area contributed by atoms with E-state index in [0.29, 0.717) is 32.0 Å². The Kier molecular flexibility index (Phi) is 11.0. The highest BCUT2D eigenvalue weighted by Crippen LogP contribution is 2.23. The van der Waals surface area contributed by atoms with Crippen molar-refractivity contribution in [3.63, 3.8) is 0 Å². The molecule has 31 heavy (non-hydrogen) atoms. The van der Waals surface area contributed by atoms with Gasteiger partial charge in [-0.2, -0.15) is 0 Å². The second-order valence-corrected chi connectivity index (χ2v) is 8.16. The molecule has 0 unspecified atom stereocenters. The lowest BCUT2D eigenvalue weighted by molar-refractivity contribution is -0.0503. The molecule has 0 saturated heterocycles. The molecule has 1 saturated carbocycles. The minimum atomic E-state index is 0.0660. The summed E-state index contributed by atoms with van der Waals surface area (Å²) in [6, 6.07) is 21.3. The summed E-state index contributed by atoms with van der Waals surface area (Å²) < 4.78 is 17.4. The van der Waals surface area contributed by atoms with E-state index >= 15 is 0 Å². The summed E-state index contributed by atoms with van der Waals surface area (Å²) in [5, 5.41) is 8.71. The van der Waals surface area contributed by atoms with E-state index in [2.05, 4.69) is 65.6 Å². The molecule has 1 aliphatic rings. The standard InChI is InChI=1S/C26H37NO4/c28-16-18-29-19-20-31-26-13-11-25(12-14-26)30-17-15-27(21-23-7-3-1-4-8-23)22-24-9-5-2-6-10-24/h1-10,25-26,28H,11-22H2/t25-,26-. The second kappa shape index (κ2) is 14.3. The maximum atomic E-state index is 8.71. The molecule has 3 rings (SSSR count). The Balaban J connectivity index is 1.37. The van der Waals surface area contributed by atoms with E-state index in [1.165, 1.54) is 11.1 Å². The van der Waals surface area contributed by atoms with Crippen LogP contribution in [-0.4, -0.2) is 61.8 Å². The highest BCUT2D eigenvalue weighted by atomic mass is 16.5. The van der Waals surface area contributed by atoms with Gasteiger partial charge >= 0.3 is 0 Å². The third-order valence-corrected chi connectivity index (χ3v) is 5.70. The van der Waals surface area contributed by atoms with Crippen molar-refractivity contribution >= 4 is 0 Å². The molecule has 0 bridgehead atoms. The molecule has 1 N–H and O–H groups in total. The van der Waals surface area contributed by atoms with E-state index in [9.17, 15) is 0 Å². The van der Waals surface area contributed by atoms with Gasteiger partial charge in [0, 0.05) is 19.6 Å². The van der Waals surface area contributed by atoms with E-state index in [0.717, 1.165) is 51.9 Å². The Morgan fingerprint density at radius 3 is 1.71 bits per heavy atom. The first-order chi connectivity index (χ1) is 15.3. The third kappa shape index (κ3) is 9.50. The SMILES string of the molecule is OCCOCCO[C@H]1CC[C@H](OCCN(Cc2ccccc2)Cc2ccccc2)CC1. The largest absolute Gasteiger partial charge is 0.394 e. The molecular weight excluding hydrogens is 390 g/mol. The molecule has 0 heterocycles. The summed E-state index contributed by atoms with van der Waals surface area (Å²) in [6.45, 7) is 5.13. The summed E-state index contributed by atoms with van der Waals surface area (Å²) in [7, 11) is 0. The van der Waals surface area contributed by atoms with Crippen LogP contribution < -0.4 is 0 Å². The third-order valence-electron chi connectivity index (χ3n) is 5.70. The zero-order valence-corrected chi connectivity index (χ0v) is 18.5. The van der Waals surface area contributed by atoms with Crippen molar-refractivity contribution in [2.24, 2.45) is 0 Å². The molecule has 1 aliphatic carbocycles. The van der Waals surface area contributed by atoms with Gasteiger partial charge in [-0.3, -0.25) is 4.90 Å². The van der Waals surface area contributed by atoms with Crippen molar-refractivity contribution in [2.45, 2.75) is 51.0 Å². The first-order valence-electron chi connectivity index (χ1n) is 11.6. The van der Waals surface area contributed by atoms with Crippen molar-refractivity contribution in [2.75, 3.05) is 39.6 Å². The number of aliphatic hydroxyl groups is 1. The zero-order chi connectivity index (χ0) is 21.6. The maximum absolute atomic E-state index is 8.71. The van der Waals surface area contributed by atoms with Crippen LogP contribution in [0, 0.1) is 0 Å². The van der Waals surface area contributed by atoms with E-state index in [1.807, 2.05) is 0 Å². The van der Waals surface area contributed by atoms with Gasteiger partial charge in [0.05, 0.1) is 45.2 Å².